The van der Waals surface area contributed by atoms with Gasteiger partial charge in [-0.2, -0.15) is 0 Å². The van der Waals surface area contributed by atoms with Crippen molar-refractivity contribution in [2.45, 2.75) is 26.3 Å². The van der Waals surface area contributed by atoms with E-state index in [1.165, 1.54) is 19.5 Å². The maximum Gasteiger partial charge on any atom is 0.0243 e. The van der Waals surface area contributed by atoms with Gasteiger partial charge in [-0.3, -0.25) is 0 Å². The minimum absolute atomic E-state index is 0.506. The predicted molar refractivity (Wildman–Crippen MR) is 46.5 cm³/mol. The second-order valence-electron chi connectivity index (χ2n) is 4.68. The van der Waals surface area contributed by atoms with E-state index in [0.29, 0.717) is 11.5 Å². The average molecular weight is 154 g/mol. The van der Waals surface area contributed by atoms with Gasteiger partial charge >= 0.3 is 0 Å². The van der Waals surface area contributed by atoms with E-state index in [1.807, 2.05) is 0 Å². The molecule has 2 unspecified atom stereocenters. The lowest BCUT2D eigenvalue weighted by Crippen LogP contribution is -2.50. The molecule has 0 spiro atoms. The van der Waals surface area contributed by atoms with E-state index in [2.05, 4.69) is 24.5 Å². The van der Waals surface area contributed by atoms with Crippen molar-refractivity contribution in [3.63, 3.8) is 0 Å². The van der Waals surface area contributed by atoms with E-state index >= 15 is 0 Å². The molecule has 0 aromatic carbocycles. The lowest BCUT2D eigenvalue weighted by atomic mass is 9.75. The third kappa shape index (κ3) is 1.30. The Balaban J connectivity index is 2.17. The molecule has 0 radical (unpaired) electrons. The molecule has 2 heteroatoms. The van der Waals surface area contributed by atoms with Gasteiger partial charge in [0.1, 0.15) is 0 Å². The second kappa shape index (κ2) is 2.46. The molecule has 0 aromatic heterocycles. The highest BCUT2D eigenvalue weighted by Gasteiger charge is 2.38. The van der Waals surface area contributed by atoms with E-state index in [1.54, 1.807) is 0 Å². The molecule has 3 heterocycles. The Labute approximate surface area is 68.7 Å². The van der Waals surface area contributed by atoms with Crippen LogP contribution in [0.4, 0.5) is 0 Å². The molecule has 2 N–H and O–H groups in total. The minimum atomic E-state index is 0.506. The predicted octanol–water partition coefficient (Wildman–Crippen LogP) is 0.594. The highest BCUT2D eigenvalue weighted by atomic mass is 15.1. The molecule has 3 saturated heterocycles. The number of piperidine rings is 1. The summed E-state index contributed by atoms with van der Waals surface area (Å²) in [5, 5.41) is 7.11. The van der Waals surface area contributed by atoms with Crippen LogP contribution < -0.4 is 10.6 Å². The first-order valence-electron chi connectivity index (χ1n) is 4.62. The Morgan fingerprint density at radius 1 is 1.18 bits per heavy atom. The van der Waals surface area contributed by atoms with E-state index < -0.39 is 0 Å². The van der Waals surface area contributed by atoms with Gasteiger partial charge in [0.2, 0.25) is 0 Å². The minimum Gasteiger partial charge on any atom is -0.315 e. The summed E-state index contributed by atoms with van der Waals surface area (Å²) in [7, 11) is 0. The standard InChI is InChI=1S/C9H18N2/c1-9(2)3-7-4-10-6-8(9)11-5-7/h7-8,10-11H,3-6H2,1-2H3. The number of hydrogen-bond donors (Lipinski definition) is 2. The van der Waals surface area contributed by atoms with Crippen molar-refractivity contribution in [1.29, 1.82) is 0 Å². The van der Waals surface area contributed by atoms with Gasteiger partial charge in [0.25, 0.3) is 0 Å². The average Bonchev–Trinajstić information content (AvgIpc) is 2.17. The van der Waals surface area contributed by atoms with Crippen molar-refractivity contribution in [3.05, 3.63) is 0 Å². The third-order valence-corrected chi connectivity index (χ3v) is 3.19. The first kappa shape index (κ1) is 7.56. The lowest BCUT2D eigenvalue weighted by molar-refractivity contribution is 0.162. The zero-order valence-corrected chi connectivity index (χ0v) is 7.48. The van der Waals surface area contributed by atoms with E-state index in [4.69, 9.17) is 0 Å². The summed E-state index contributed by atoms with van der Waals surface area (Å²) in [6.07, 6.45) is 1.39. The quantitative estimate of drug-likeness (QED) is 0.534. The first-order valence-corrected chi connectivity index (χ1v) is 4.62. The summed E-state index contributed by atoms with van der Waals surface area (Å²) in [5.74, 6) is 0.865. The van der Waals surface area contributed by atoms with Gasteiger partial charge in [0, 0.05) is 12.6 Å². The fraction of sp³-hybridized carbons (Fsp3) is 1.00. The third-order valence-electron chi connectivity index (χ3n) is 3.19. The maximum absolute atomic E-state index is 3.61. The van der Waals surface area contributed by atoms with Crippen molar-refractivity contribution in [2.75, 3.05) is 19.6 Å². The zero-order chi connectivity index (χ0) is 7.90. The molecule has 11 heavy (non-hydrogen) atoms. The Morgan fingerprint density at radius 2 is 2.00 bits per heavy atom. The topological polar surface area (TPSA) is 24.1 Å². The molecule has 2 nitrogen and oxygen atoms in total. The van der Waals surface area contributed by atoms with Gasteiger partial charge in [-0.15, -0.1) is 0 Å². The maximum atomic E-state index is 3.61. The van der Waals surface area contributed by atoms with Crippen LogP contribution in [-0.4, -0.2) is 25.7 Å². The molecule has 0 aliphatic carbocycles. The highest BCUT2D eigenvalue weighted by Crippen LogP contribution is 2.34. The molecule has 64 valence electrons. The fourth-order valence-electron chi connectivity index (χ4n) is 2.47. The van der Waals surface area contributed by atoms with Gasteiger partial charge in [-0.1, -0.05) is 13.8 Å². The van der Waals surface area contributed by atoms with Crippen LogP contribution in [0.2, 0.25) is 0 Å². The summed E-state index contributed by atoms with van der Waals surface area (Å²) < 4.78 is 0. The van der Waals surface area contributed by atoms with Crippen molar-refractivity contribution in [1.82, 2.24) is 10.6 Å². The summed E-state index contributed by atoms with van der Waals surface area (Å²) in [4.78, 5) is 0. The van der Waals surface area contributed by atoms with Crippen molar-refractivity contribution in [3.8, 4) is 0 Å². The van der Waals surface area contributed by atoms with Crippen molar-refractivity contribution >= 4 is 0 Å². The first-order chi connectivity index (χ1) is 5.18. The Hall–Kier alpha value is -0.0800. The number of hydrogen-bond acceptors (Lipinski definition) is 2. The second-order valence-corrected chi connectivity index (χ2v) is 4.68. The molecule has 3 aliphatic rings. The Morgan fingerprint density at radius 3 is 2.73 bits per heavy atom. The summed E-state index contributed by atoms with van der Waals surface area (Å²) in [5.41, 5.74) is 0.506. The molecule has 3 aliphatic heterocycles. The molecule has 3 fully saturated rings. The van der Waals surface area contributed by atoms with Gasteiger partial charge in [-0.05, 0) is 30.8 Å². The Kier molecular flexibility index (Phi) is 1.69. The van der Waals surface area contributed by atoms with Gasteiger partial charge < -0.3 is 10.6 Å². The van der Waals surface area contributed by atoms with Crippen LogP contribution in [-0.2, 0) is 0 Å². The van der Waals surface area contributed by atoms with Crippen LogP contribution in [0, 0.1) is 11.3 Å². The van der Waals surface area contributed by atoms with Crippen LogP contribution in [0.3, 0.4) is 0 Å². The molecular formula is C9H18N2. The van der Waals surface area contributed by atoms with E-state index in [0.717, 1.165) is 12.5 Å². The van der Waals surface area contributed by atoms with Crippen LogP contribution in [0.15, 0.2) is 0 Å². The molecule has 3 rings (SSSR count). The van der Waals surface area contributed by atoms with Crippen LogP contribution >= 0.6 is 0 Å². The number of rotatable bonds is 0. The smallest absolute Gasteiger partial charge is 0.0243 e. The molecule has 0 amide bonds. The van der Waals surface area contributed by atoms with Gasteiger partial charge in [0.05, 0.1) is 0 Å². The monoisotopic (exact) mass is 154 g/mol. The van der Waals surface area contributed by atoms with Crippen LogP contribution in [0.1, 0.15) is 20.3 Å². The normalized spacial score (nSPS) is 42.0. The SMILES string of the molecule is CC1(C)CC2CNCC1NC2. The molecule has 0 saturated carbocycles. The summed E-state index contributed by atoms with van der Waals surface area (Å²) in [6.45, 7) is 8.35. The molecule has 2 bridgehead atoms. The Bertz CT molecular complexity index is 150. The van der Waals surface area contributed by atoms with E-state index in [9.17, 15) is 0 Å². The lowest BCUT2D eigenvalue weighted by Gasteiger charge is -2.39. The number of fused-ring (bicyclic) bond motifs is 4. The van der Waals surface area contributed by atoms with Crippen LogP contribution in [0.25, 0.3) is 0 Å². The van der Waals surface area contributed by atoms with Crippen LogP contribution in [0.5, 0.6) is 0 Å². The largest absolute Gasteiger partial charge is 0.315 e. The van der Waals surface area contributed by atoms with Gasteiger partial charge in [0.15, 0.2) is 0 Å². The summed E-state index contributed by atoms with van der Waals surface area (Å²) >= 11 is 0. The molecule has 0 aromatic rings. The fourth-order valence-corrected chi connectivity index (χ4v) is 2.47. The van der Waals surface area contributed by atoms with Gasteiger partial charge in [-0.25, -0.2) is 0 Å². The molecule has 2 atom stereocenters. The summed E-state index contributed by atoms with van der Waals surface area (Å²) in [6, 6.07) is 0.696. The number of nitrogens with one attached hydrogen (secondary N) is 2. The zero-order valence-electron chi connectivity index (χ0n) is 7.48. The molecular weight excluding hydrogens is 136 g/mol. The van der Waals surface area contributed by atoms with Crippen molar-refractivity contribution in [2.24, 2.45) is 11.3 Å². The van der Waals surface area contributed by atoms with Crippen molar-refractivity contribution < 1.29 is 0 Å². The highest BCUT2D eigenvalue weighted by molar-refractivity contribution is 4.96. The van der Waals surface area contributed by atoms with E-state index in [-0.39, 0.29) is 0 Å².